The van der Waals surface area contributed by atoms with Gasteiger partial charge < -0.3 is 5.11 Å². The van der Waals surface area contributed by atoms with Gasteiger partial charge in [-0.1, -0.05) is 43.0 Å². The molecule has 1 aromatic carbocycles. The van der Waals surface area contributed by atoms with E-state index in [2.05, 4.69) is 0 Å². The maximum absolute atomic E-state index is 12.3. The fraction of sp³-hybridized carbons (Fsp3) is 0.529. The first-order chi connectivity index (χ1) is 10.1. The lowest BCUT2D eigenvalue weighted by Crippen LogP contribution is -2.25. The van der Waals surface area contributed by atoms with Crippen molar-refractivity contribution in [3.63, 3.8) is 0 Å². The number of ketones is 1. The summed E-state index contributed by atoms with van der Waals surface area (Å²) in [5.74, 6) is -1.34. The molecule has 0 bridgehead atoms. The third kappa shape index (κ3) is 4.85. The largest absolute Gasteiger partial charge is 0.481 e. The summed E-state index contributed by atoms with van der Waals surface area (Å²) < 4.78 is 0. The fourth-order valence-electron chi connectivity index (χ4n) is 2.99. The van der Waals surface area contributed by atoms with Crippen molar-refractivity contribution in [2.24, 2.45) is 11.8 Å². The third-order valence-electron chi connectivity index (χ3n) is 4.25. The summed E-state index contributed by atoms with van der Waals surface area (Å²) in [5, 5.41) is 9.99. The van der Waals surface area contributed by atoms with Crippen molar-refractivity contribution in [3.8, 4) is 0 Å². The SMILES string of the molecule is O=C(O)C(CC(=O)C1CCCCC1)Cc1ccc(Cl)cc1. The number of hydrogen-bond donors (Lipinski definition) is 1. The Bertz CT molecular complexity index is 489. The average Bonchev–Trinajstić information content (AvgIpc) is 2.49. The second-order valence-corrected chi connectivity index (χ2v) is 6.31. The van der Waals surface area contributed by atoms with Crippen molar-refractivity contribution < 1.29 is 14.7 Å². The van der Waals surface area contributed by atoms with Crippen LogP contribution in [0.3, 0.4) is 0 Å². The molecule has 1 aromatic rings. The van der Waals surface area contributed by atoms with Crippen LogP contribution < -0.4 is 0 Å². The number of carbonyl (C=O) groups excluding carboxylic acids is 1. The molecule has 1 saturated carbocycles. The minimum atomic E-state index is -0.894. The van der Waals surface area contributed by atoms with Crippen LogP contribution in [-0.2, 0) is 16.0 Å². The van der Waals surface area contributed by atoms with E-state index in [9.17, 15) is 14.7 Å². The molecule has 114 valence electrons. The van der Waals surface area contributed by atoms with Gasteiger partial charge in [0.25, 0.3) is 0 Å². The molecule has 21 heavy (non-hydrogen) atoms. The topological polar surface area (TPSA) is 54.4 Å². The van der Waals surface area contributed by atoms with Crippen molar-refractivity contribution in [2.45, 2.75) is 44.9 Å². The van der Waals surface area contributed by atoms with Crippen LogP contribution in [0, 0.1) is 11.8 Å². The lowest BCUT2D eigenvalue weighted by Gasteiger charge is -2.22. The Balaban J connectivity index is 1.96. The van der Waals surface area contributed by atoms with E-state index in [0.29, 0.717) is 11.4 Å². The van der Waals surface area contributed by atoms with Gasteiger partial charge >= 0.3 is 5.97 Å². The molecular weight excluding hydrogens is 288 g/mol. The highest BCUT2D eigenvalue weighted by Gasteiger charge is 2.27. The van der Waals surface area contributed by atoms with E-state index in [4.69, 9.17) is 11.6 Å². The van der Waals surface area contributed by atoms with Gasteiger partial charge in [0.2, 0.25) is 0 Å². The Morgan fingerprint density at radius 3 is 2.33 bits per heavy atom. The number of carbonyl (C=O) groups is 2. The van der Waals surface area contributed by atoms with E-state index in [1.165, 1.54) is 6.42 Å². The lowest BCUT2D eigenvalue weighted by atomic mass is 9.82. The molecule has 0 aliphatic heterocycles. The molecule has 1 aliphatic carbocycles. The summed E-state index contributed by atoms with van der Waals surface area (Å²) in [4.78, 5) is 23.7. The zero-order valence-corrected chi connectivity index (χ0v) is 12.8. The molecule has 0 radical (unpaired) electrons. The van der Waals surface area contributed by atoms with Crippen molar-refractivity contribution in [2.75, 3.05) is 0 Å². The molecule has 1 atom stereocenters. The van der Waals surface area contributed by atoms with Crippen LogP contribution in [-0.4, -0.2) is 16.9 Å². The molecule has 0 heterocycles. The molecule has 1 aliphatic rings. The van der Waals surface area contributed by atoms with Gasteiger partial charge in [-0.15, -0.1) is 0 Å². The molecule has 4 heteroatoms. The number of halogens is 1. The van der Waals surface area contributed by atoms with Crippen LogP contribution in [0.4, 0.5) is 0 Å². The predicted molar refractivity (Wildman–Crippen MR) is 82.5 cm³/mol. The fourth-order valence-corrected chi connectivity index (χ4v) is 3.11. The first kappa shape index (κ1) is 16.0. The van der Waals surface area contributed by atoms with Crippen molar-refractivity contribution in [3.05, 3.63) is 34.9 Å². The van der Waals surface area contributed by atoms with Gasteiger partial charge in [-0.25, -0.2) is 0 Å². The maximum Gasteiger partial charge on any atom is 0.307 e. The number of rotatable bonds is 6. The number of benzene rings is 1. The molecule has 2 rings (SSSR count). The van der Waals surface area contributed by atoms with Crippen LogP contribution >= 0.6 is 11.6 Å². The van der Waals surface area contributed by atoms with Gasteiger partial charge in [-0.3, -0.25) is 9.59 Å². The average molecular weight is 309 g/mol. The van der Waals surface area contributed by atoms with Crippen LogP contribution in [0.5, 0.6) is 0 Å². The van der Waals surface area contributed by atoms with Gasteiger partial charge in [-0.05, 0) is 37.0 Å². The standard InChI is InChI=1S/C17H21ClO3/c18-15-8-6-12(7-9-15)10-14(17(20)21)11-16(19)13-4-2-1-3-5-13/h6-9,13-14H,1-5,10-11H2,(H,20,21). The number of carboxylic acid groups (broad SMARTS) is 1. The smallest absolute Gasteiger partial charge is 0.307 e. The number of carboxylic acids is 1. The first-order valence-electron chi connectivity index (χ1n) is 7.56. The highest BCUT2D eigenvalue weighted by Crippen LogP contribution is 2.27. The number of aliphatic carboxylic acids is 1. The van der Waals surface area contributed by atoms with Gasteiger partial charge in [0, 0.05) is 17.4 Å². The van der Waals surface area contributed by atoms with E-state index in [0.717, 1.165) is 31.2 Å². The van der Waals surface area contributed by atoms with Crippen molar-refractivity contribution in [1.82, 2.24) is 0 Å². The minimum Gasteiger partial charge on any atom is -0.481 e. The predicted octanol–water partition coefficient (Wildman–Crippen LogP) is 4.12. The second-order valence-electron chi connectivity index (χ2n) is 5.87. The molecule has 3 nitrogen and oxygen atoms in total. The van der Waals surface area contributed by atoms with Crippen molar-refractivity contribution >= 4 is 23.4 Å². The van der Waals surface area contributed by atoms with Gasteiger partial charge in [-0.2, -0.15) is 0 Å². The van der Waals surface area contributed by atoms with Gasteiger partial charge in [0.1, 0.15) is 5.78 Å². The highest BCUT2D eigenvalue weighted by molar-refractivity contribution is 6.30. The number of hydrogen-bond acceptors (Lipinski definition) is 2. The maximum atomic E-state index is 12.3. The summed E-state index contributed by atoms with van der Waals surface area (Å²) in [5.41, 5.74) is 0.906. The molecule has 1 fully saturated rings. The Morgan fingerprint density at radius 2 is 1.76 bits per heavy atom. The Morgan fingerprint density at radius 1 is 1.14 bits per heavy atom. The van der Waals surface area contributed by atoms with E-state index in [1.807, 2.05) is 12.1 Å². The van der Waals surface area contributed by atoms with Crippen LogP contribution in [0.15, 0.2) is 24.3 Å². The Hall–Kier alpha value is -1.35. The summed E-state index contributed by atoms with van der Waals surface area (Å²) in [6, 6.07) is 7.14. The summed E-state index contributed by atoms with van der Waals surface area (Å²) in [6.07, 6.45) is 5.74. The summed E-state index contributed by atoms with van der Waals surface area (Å²) >= 11 is 5.83. The minimum absolute atomic E-state index is 0.0748. The zero-order chi connectivity index (χ0) is 15.2. The zero-order valence-electron chi connectivity index (χ0n) is 12.1. The second kappa shape index (κ2) is 7.60. The lowest BCUT2D eigenvalue weighted by molar-refractivity contribution is -0.144. The molecular formula is C17H21ClO3. The summed E-state index contributed by atoms with van der Waals surface area (Å²) in [7, 11) is 0. The quantitative estimate of drug-likeness (QED) is 0.860. The van der Waals surface area contributed by atoms with Crippen molar-refractivity contribution in [1.29, 1.82) is 0 Å². The summed E-state index contributed by atoms with van der Waals surface area (Å²) in [6.45, 7) is 0. The van der Waals surface area contributed by atoms with Gasteiger partial charge in [0.15, 0.2) is 0 Å². The molecule has 1 N–H and O–H groups in total. The van der Waals surface area contributed by atoms with Crippen LogP contribution in [0.2, 0.25) is 5.02 Å². The highest BCUT2D eigenvalue weighted by atomic mass is 35.5. The van der Waals surface area contributed by atoms with E-state index < -0.39 is 11.9 Å². The molecule has 0 spiro atoms. The normalized spacial score (nSPS) is 17.4. The van der Waals surface area contributed by atoms with Gasteiger partial charge in [0.05, 0.1) is 5.92 Å². The monoisotopic (exact) mass is 308 g/mol. The molecule has 0 aromatic heterocycles. The van der Waals surface area contributed by atoms with E-state index in [-0.39, 0.29) is 18.1 Å². The van der Waals surface area contributed by atoms with Crippen LogP contribution in [0.25, 0.3) is 0 Å². The Kier molecular flexibility index (Phi) is 5.80. The van der Waals surface area contributed by atoms with E-state index in [1.54, 1.807) is 12.1 Å². The molecule has 0 saturated heterocycles. The molecule has 1 unspecified atom stereocenters. The molecule has 0 amide bonds. The van der Waals surface area contributed by atoms with Crippen LogP contribution in [0.1, 0.15) is 44.1 Å². The number of Topliss-reactive ketones (excluding diaryl/α,β-unsaturated/α-hetero) is 1. The first-order valence-corrected chi connectivity index (χ1v) is 7.94. The third-order valence-corrected chi connectivity index (χ3v) is 4.50. The Labute approximate surface area is 130 Å². The van der Waals surface area contributed by atoms with E-state index >= 15 is 0 Å².